The number of hydrogen-bond acceptors (Lipinski definition) is 1. The van der Waals surface area contributed by atoms with Crippen molar-refractivity contribution >= 4 is 0 Å². The summed E-state index contributed by atoms with van der Waals surface area (Å²) < 4.78 is 13.0. The molecule has 0 spiro atoms. The number of nitrogens with one attached hydrogen (secondary N) is 2. The molecule has 16 heavy (non-hydrogen) atoms. The molecule has 0 aromatic heterocycles. The highest BCUT2D eigenvalue weighted by Crippen LogP contribution is 2.03. The van der Waals surface area contributed by atoms with Gasteiger partial charge in [-0.25, -0.2) is 4.39 Å². The van der Waals surface area contributed by atoms with Crippen LogP contribution in [-0.4, -0.2) is 26.2 Å². The van der Waals surface area contributed by atoms with Crippen LogP contribution < -0.4 is 10.2 Å². The van der Waals surface area contributed by atoms with E-state index >= 15 is 0 Å². The minimum absolute atomic E-state index is 0.123. The summed E-state index contributed by atoms with van der Waals surface area (Å²) in [5, 5.41) is 3.32. The van der Waals surface area contributed by atoms with E-state index in [4.69, 9.17) is 0 Å². The first kappa shape index (κ1) is 11.6. The molecule has 2 rings (SSSR count). The third-order valence-corrected chi connectivity index (χ3v) is 3.44. The highest BCUT2D eigenvalue weighted by atomic mass is 19.1. The van der Waals surface area contributed by atoms with Crippen molar-refractivity contribution in [3.05, 3.63) is 35.6 Å². The van der Waals surface area contributed by atoms with Gasteiger partial charge in [0.2, 0.25) is 0 Å². The molecule has 0 amide bonds. The van der Waals surface area contributed by atoms with Crippen LogP contribution in [0.4, 0.5) is 4.39 Å². The fourth-order valence-corrected chi connectivity index (χ4v) is 2.43. The van der Waals surface area contributed by atoms with Crippen LogP contribution in [0.2, 0.25) is 0 Å². The van der Waals surface area contributed by atoms with Gasteiger partial charge in [-0.1, -0.05) is 12.1 Å². The van der Waals surface area contributed by atoms with E-state index in [1.54, 1.807) is 17.0 Å². The van der Waals surface area contributed by atoms with Crippen molar-refractivity contribution in [2.75, 3.05) is 20.1 Å². The van der Waals surface area contributed by atoms with Gasteiger partial charge in [0, 0.05) is 24.4 Å². The van der Waals surface area contributed by atoms with E-state index in [2.05, 4.69) is 5.32 Å². The van der Waals surface area contributed by atoms with E-state index in [1.807, 2.05) is 13.1 Å². The molecule has 0 saturated carbocycles. The molecule has 88 valence electrons. The largest absolute Gasteiger partial charge is 0.331 e. The minimum Gasteiger partial charge on any atom is -0.331 e. The maximum absolute atomic E-state index is 13.0. The Morgan fingerprint density at radius 1 is 1.38 bits per heavy atom. The molecule has 0 aliphatic carbocycles. The molecule has 1 fully saturated rings. The summed E-state index contributed by atoms with van der Waals surface area (Å²) in [6.07, 6.45) is 2.45. The molecule has 1 aromatic carbocycles. The van der Waals surface area contributed by atoms with Gasteiger partial charge in [0.25, 0.3) is 0 Å². The zero-order valence-corrected chi connectivity index (χ0v) is 9.80. The van der Waals surface area contributed by atoms with E-state index in [0.717, 1.165) is 12.1 Å². The van der Waals surface area contributed by atoms with E-state index in [9.17, 15) is 4.39 Å². The standard InChI is InChI=1S/C13H19FN2/c1-15-13-5-7-16(8-6-13)10-11-3-2-4-12(14)9-11/h2-4,9,13,15H,5-8,10H2,1H3/p+1. The quantitative estimate of drug-likeness (QED) is 0.767. The lowest BCUT2D eigenvalue weighted by molar-refractivity contribution is -0.918. The van der Waals surface area contributed by atoms with Crippen molar-refractivity contribution in [2.24, 2.45) is 0 Å². The predicted octanol–water partition coefficient (Wildman–Crippen LogP) is 0.592. The van der Waals surface area contributed by atoms with Crippen LogP contribution in [0.25, 0.3) is 0 Å². The van der Waals surface area contributed by atoms with Gasteiger partial charge in [0.05, 0.1) is 13.1 Å². The summed E-state index contributed by atoms with van der Waals surface area (Å²) in [6, 6.07) is 7.64. The zero-order chi connectivity index (χ0) is 11.4. The normalized spacial score (nSPS) is 25.6. The van der Waals surface area contributed by atoms with Crippen LogP contribution in [0.5, 0.6) is 0 Å². The molecule has 0 unspecified atom stereocenters. The molecule has 1 aromatic rings. The van der Waals surface area contributed by atoms with E-state index in [0.29, 0.717) is 6.04 Å². The molecular weight excluding hydrogens is 203 g/mol. The smallest absolute Gasteiger partial charge is 0.123 e. The van der Waals surface area contributed by atoms with Gasteiger partial charge >= 0.3 is 0 Å². The van der Waals surface area contributed by atoms with Gasteiger partial charge in [-0.15, -0.1) is 0 Å². The number of halogens is 1. The molecule has 2 nitrogen and oxygen atoms in total. The van der Waals surface area contributed by atoms with Gasteiger partial charge in [0.1, 0.15) is 12.4 Å². The highest BCUT2D eigenvalue weighted by Gasteiger charge is 2.20. The molecule has 1 aliphatic heterocycles. The maximum atomic E-state index is 13.0. The molecule has 2 N–H and O–H groups in total. The van der Waals surface area contributed by atoms with Crippen LogP contribution in [0.3, 0.4) is 0 Å². The maximum Gasteiger partial charge on any atom is 0.123 e. The lowest BCUT2D eigenvalue weighted by Crippen LogP contribution is -3.12. The first-order chi connectivity index (χ1) is 7.78. The summed E-state index contributed by atoms with van der Waals surface area (Å²) in [7, 11) is 2.03. The minimum atomic E-state index is -0.123. The van der Waals surface area contributed by atoms with Gasteiger partial charge in [0.15, 0.2) is 0 Å². The topological polar surface area (TPSA) is 16.5 Å². The Hall–Kier alpha value is -0.930. The third kappa shape index (κ3) is 3.03. The number of piperidine rings is 1. The summed E-state index contributed by atoms with van der Waals surface area (Å²) in [5.74, 6) is -0.123. The highest BCUT2D eigenvalue weighted by molar-refractivity contribution is 5.14. The third-order valence-electron chi connectivity index (χ3n) is 3.44. The first-order valence-electron chi connectivity index (χ1n) is 6.03. The van der Waals surface area contributed by atoms with Gasteiger partial charge in [-0.3, -0.25) is 0 Å². The summed E-state index contributed by atoms with van der Waals surface area (Å²) >= 11 is 0. The van der Waals surface area contributed by atoms with Crippen molar-refractivity contribution in [1.82, 2.24) is 5.32 Å². The van der Waals surface area contributed by atoms with E-state index in [1.165, 1.54) is 32.0 Å². The Morgan fingerprint density at radius 2 is 2.12 bits per heavy atom. The van der Waals surface area contributed by atoms with Crippen molar-refractivity contribution in [3.8, 4) is 0 Å². The lowest BCUT2D eigenvalue weighted by atomic mass is 10.0. The first-order valence-corrected chi connectivity index (χ1v) is 6.03. The van der Waals surface area contributed by atoms with Gasteiger partial charge in [-0.05, 0) is 19.2 Å². The SMILES string of the molecule is CNC1CC[NH+](Cc2cccc(F)c2)CC1. The average Bonchev–Trinajstić information content (AvgIpc) is 2.30. The Bertz CT molecular complexity index is 332. The van der Waals surface area contributed by atoms with Crippen molar-refractivity contribution in [1.29, 1.82) is 0 Å². The molecule has 1 aliphatic rings. The molecule has 1 saturated heterocycles. The van der Waals surface area contributed by atoms with E-state index in [-0.39, 0.29) is 5.82 Å². The van der Waals surface area contributed by atoms with Crippen molar-refractivity contribution in [3.63, 3.8) is 0 Å². The fourth-order valence-electron chi connectivity index (χ4n) is 2.43. The Balaban J connectivity index is 1.87. The van der Waals surface area contributed by atoms with Crippen LogP contribution in [0.15, 0.2) is 24.3 Å². The Kier molecular flexibility index (Phi) is 3.91. The number of hydrogen-bond donors (Lipinski definition) is 2. The van der Waals surface area contributed by atoms with Crippen LogP contribution in [-0.2, 0) is 6.54 Å². The molecule has 0 bridgehead atoms. The van der Waals surface area contributed by atoms with Crippen molar-refractivity contribution in [2.45, 2.75) is 25.4 Å². The zero-order valence-electron chi connectivity index (χ0n) is 9.80. The number of quaternary nitrogens is 1. The predicted molar refractivity (Wildman–Crippen MR) is 62.9 cm³/mol. The molecule has 0 atom stereocenters. The number of rotatable bonds is 3. The van der Waals surface area contributed by atoms with Gasteiger partial charge < -0.3 is 10.2 Å². The second kappa shape index (κ2) is 5.41. The molecule has 0 radical (unpaired) electrons. The second-order valence-corrected chi connectivity index (χ2v) is 4.62. The number of benzene rings is 1. The van der Waals surface area contributed by atoms with Gasteiger partial charge in [-0.2, -0.15) is 0 Å². The Labute approximate surface area is 96.5 Å². The Morgan fingerprint density at radius 3 is 2.75 bits per heavy atom. The lowest BCUT2D eigenvalue weighted by Gasteiger charge is -2.29. The summed E-state index contributed by atoms with van der Waals surface area (Å²) in [6.45, 7) is 3.32. The van der Waals surface area contributed by atoms with Crippen LogP contribution >= 0.6 is 0 Å². The summed E-state index contributed by atoms with van der Waals surface area (Å²) in [4.78, 5) is 1.57. The van der Waals surface area contributed by atoms with Crippen LogP contribution in [0, 0.1) is 5.82 Å². The van der Waals surface area contributed by atoms with Crippen LogP contribution in [0.1, 0.15) is 18.4 Å². The molecule has 3 heteroatoms. The molecule has 1 heterocycles. The second-order valence-electron chi connectivity index (χ2n) is 4.62. The average molecular weight is 223 g/mol. The summed E-state index contributed by atoms with van der Waals surface area (Å²) in [5.41, 5.74) is 1.11. The van der Waals surface area contributed by atoms with Crippen molar-refractivity contribution < 1.29 is 9.29 Å². The number of likely N-dealkylation sites (tertiary alicyclic amines) is 1. The fraction of sp³-hybridized carbons (Fsp3) is 0.538. The van der Waals surface area contributed by atoms with E-state index < -0.39 is 0 Å². The molecular formula is C13H20FN2+. The monoisotopic (exact) mass is 223 g/mol.